The maximum Gasteiger partial charge on any atom is 0.184 e. The molecule has 0 saturated heterocycles. The predicted octanol–water partition coefficient (Wildman–Crippen LogP) is 1.29. The lowest BCUT2D eigenvalue weighted by atomic mass is 10.3. The van der Waals surface area contributed by atoms with E-state index in [1.54, 1.807) is 6.92 Å². The van der Waals surface area contributed by atoms with Gasteiger partial charge in [0.05, 0.1) is 16.7 Å². The minimum Gasteiger partial charge on any atom is -0.388 e. The van der Waals surface area contributed by atoms with Crippen molar-refractivity contribution in [3.05, 3.63) is 16.9 Å². The molecule has 0 spiro atoms. The van der Waals surface area contributed by atoms with Gasteiger partial charge < -0.3 is 5.11 Å². The summed E-state index contributed by atoms with van der Waals surface area (Å²) in [6.45, 7) is 3.60. The van der Waals surface area contributed by atoms with E-state index in [9.17, 15) is 5.11 Å². The zero-order valence-electron chi connectivity index (χ0n) is 7.85. The number of aryl methyl sites for hydroxylation is 1. The van der Waals surface area contributed by atoms with Crippen LogP contribution in [-0.2, 0) is 0 Å². The van der Waals surface area contributed by atoms with E-state index in [1.165, 1.54) is 17.7 Å². The van der Waals surface area contributed by atoms with Crippen LogP contribution in [0.3, 0.4) is 0 Å². The van der Waals surface area contributed by atoms with Crippen molar-refractivity contribution in [2.24, 2.45) is 0 Å². The van der Waals surface area contributed by atoms with Crippen LogP contribution in [0.2, 0.25) is 0 Å². The molecule has 0 amide bonds. The van der Waals surface area contributed by atoms with E-state index < -0.39 is 6.10 Å². The van der Waals surface area contributed by atoms with Crippen molar-refractivity contribution in [3.8, 4) is 10.8 Å². The molecule has 0 aliphatic heterocycles. The number of aromatic nitrogens is 4. The van der Waals surface area contributed by atoms with Crippen LogP contribution in [0, 0.1) is 6.92 Å². The number of hydrogen-bond acceptors (Lipinski definition) is 5. The van der Waals surface area contributed by atoms with Gasteiger partial charge in [-0.05, 0) is 13.8 Å². The Morgan fingerprint density at radius 2 is 2.36 bits per heavy atom. The molecular weight excluding hydrogens is 200 g/mol. The normalized spacial score (nSPS) is 13.1. The molecule has 2 aromatic rings. The van der Waals surface area contributed by atoms with Gasteiger partial charge in [0.15, 0.2) is 10.8 Å². The van der Waals surface area contributed by atoms with Crippen molar-refractivity contribution in [1.82, 2.24) is 20.2 Å². The Labute approximate surface area is 84.9 Å². The first-order valence-electron chi connectivity index (χ1n) is 4.19. The highest BCUT2D eigenvalue weighted by molar-refractivity contribution is 7.15. The molecule has 1 atom stereocenters. The Morgan fingerprint density at radius 1 is 1.57 bits per heavy atom. The summed E-state index contributed by atoms with van der Waals surface area (Å²) in [4.78, 5) is 9.17. The van der Waals surface area contributed by atoms with Crippen molar-refractivity contribution in [1.29, 1.82) is 0 Å². The maximum absolute atomic E-state index is 9.44. The minimum absolute atomic E-state index is 0.482. The van der Waals surface area contributed by atoms with Crippen LogP contribution in [0.5, 0.6) is 0 Å². The highest BCUT2D eigenvalue weighted by Crippen LogP contribution is 2.29. The third-order valence-electron chi connectivity index (χ3n) is 1.83. The average molecular weight is 210 g/mol. The molecule has 6 heteroatoms. The summed E-state index contributed by atoms with van der Waals surface area (Å²) in [6, 6.07) is 0. The third kappa shape index (κ3) is 1.53. The van der Waals surface area contributed by atoms with Gasteiger partial charge in [-0.2, -0.15) is 5.10 Å². The molecular formula is C8H10N4OS. The van der Waals surface area contributed by atoms with Crippen molar-refractivity contribution in [2.45, 2.75) is 20.0 Å². The number of aromatic amines is 1. The molecule has 2 heterocycles. The average Bonchev–Trinajstić information content (AvgIpc) is 2.70. The van der Waals surface area contributed by atoms with Gasteiger partial charge in [-0.3, -0.25) is 5.10 Å². The number of aliphatic hydroxyl groups is 1. The lowest BCUT2D eigenvalue weighted by Crippen LogP contribution is -1.88. The second-order valence-corrected chi connectivity index (χ2v) is 4.01. The van der Waals surface area contributed by atoms with Crippen LogP contribution in [0.1, 0.15) is 23.6 Å². The Balaban J connectivity index is 2.43. The molecule has 2 aromatic heterocycles. The van der Waals surface area contributed by atoms with E-state index in [4.69, 9.17) is 0 Å². The van der Waals surface area contributed by atoms with Crippen molar-refractivity contribution in [2.75, 3.05) is 0 Å². The topological polar surface area (TPSA) is 74.7 Å². The largest absolute Gasteiger partial charge is 0.388 e. The summed E-state index contributed by atoms with van der Waals surface area (Å²) in [7, 11) is 0. The van der Waals surface area contributed by atoms with E-state index in [-0.39, 0.29) is 0 Å². The first-order chi connectivity index (χ1) is 6.68. The molecule has 0 aliphatic rings. The van der Waals surface area contributed by atoms with Crippen LogP contribution in [-0.4, -0.2) is 25.3 Å². The van der Waals surface area contributed by atoms with Gasteiger partial charge in [-0.1, -0.05) is 0 Å². The minimum atomic E-state index is -0.482. The Hall–Kier alpha value is -1.27. The molecule has 0 saturated carbocycles. The smallest absolute Gasteiger partial charge is 0.184 e. The van der Waals surface area contributed by atoms with Gasteiger partial charge in [0.25, 0.3) is 0 Å². The van der Waals surface area contributed by atoms with Gasteiger partial charge in [0.2, 0.25) is 0 Å². The van der Waals surface area contributed by atoms with Gasteiger partial charge in [-0.15, -0.1) is 11.3 Å². The van der Waals surface area contributed by atoms with E-state index in [2.05, 4.69) is 20.2 Å². The van der Waals surface area contributed by atoms with Crippen LogP contribution in [0.15, 0.2) is 6.33 Å². The fourth-order valence-electron chi connectivity index (χ4n) is 1.21. The van der Waals surface area contributed by atoms with Crippen LogP contribution >= 0.6 is 11.3 Å². The molecule has 74 valence electrons. The Bertz CT molecular complexity index is 420. The zero-order chi connectivity index (χ0) is 10.1. The molecule has 2 N–H and O–H groups in total. The van der Waals surface area contributed by atoms with Crippen molar-refractivity contribution >= 4 is 11.3 Å². The number of rotatable bonds is 2. The van der Waals surface area contributed by atoms with Gasteiger partial charge in [0.1, 0.15) is 6.33 Å². The first-order valence-corrected chi connectivity index (χ1v) is 5.01. The second kappa shape index (κ2) is 3.47. The van der Waals surface area contributed by atoms with Crippen LogP contribution in [0.25, 0.3) is 10.8 Å². The standard InChI is InChI=1S/C8H10N4OS/c1-4-6(5(2)13)14-8(11-4)7-9-3-10-12-7/h3,5,13H,1-2H3,(H,9,10,12). The molecule has 0 radical (unpaired) electrons. The lowest BCUT2D eigenvalue weighted by molar-refractivity contribution is 0.202. The van der Waals surface area contributed by atoms with Gasteiger partial charge in [-0.25, -0.2) is 9.97 Å². The highest BCUT2D eigenvalue weighted by atomic mass is 32.1. The number of H-pyrrole nitrogens is 1. The summed E-state index contributed by atoms with van der Waals surface area (Å²) in [5, 5.41) is 16.7. The quantitative estimate of drug-likeness (QED) is 0.783. The van der Waals surface area contributed by atoms with Crippen molar-refractivity contribution in [3.63, 3.8) is 0 Å². The molecule has 0 aliphatic carbocycles. The molecule has 1 unspecified atom stereocenters. The number of thiazole rings is 1. The fourth-order valence-corrected chi connectivity index (χ4v) is 2.16. The molecule has 14 heavy (non-hydrogen) atoms. The monoisotopic (exact) mass is 210 g/mol. The SMILES string of the molecule is Cc1nc(-c2ncn[nH]2)sc1C(C)O. The molecule has 0 aromatic carbocycles. The summed E-state index contributed by atoms with van der Waals surface area (Å²) < 4.78 is 0. The number of aliphatic hydroxyl groups excluding tert-OH is 1. The summed E-state index contributed by atoms with van der Waals surface area (Å²) in [5.74, 6) is 0.644. The zero-order valence-corrected chi connectivity index (χ0v) is 8.67. The first kappa shape index (κ1) is 9.29. The summed E-state index contributed by atoms with van der Waals surface area (Å²) >= 11 is 1.43. The summed E-state index contributed by atoms with van der Waals surface area (Å²) in [6.07, 6.45) is 0.956. The van der Waals surface area contributed by atoms with E-state index in [0.717, 1.165) is 15.6 Å². The number of nitrogens with one attached hydrogen (secondary N) is 1. The second-order valence-electron chi connectivity index (χ2n) is 2.98. The molecule has 0 bridgehead atoms. The number of nitrogens with zero attached hydrogens (tertiary/aromatic N) is 3. The lowest BCUT2D eigenvalue weighted by Gasteiger charge is -1.98. The summed E-state index contributed by atoms with van der Waals surface area (Å²) in [5.41, 5.74) is 0.844. The molecule has 0 fully saturated rings. The third-order valence-corrected chi connectivity index (χ3v) is 3.16. The highest BCUT2D eigenvalue weighted by Gasteiger charge is 2.14. The van der Waals surface area contributed by atoms with Gasteiger partial charge >= 0.3 is 0 Å². The van der Waals surface area contributed by atoms with Crippen LogP contribution < -0.4 is 0 Å². The van der Waals surface area contributed by atoms with E-state index in [0.29, 0.717) is 5.82 Å². The number of hydrogen-bond donors (Lipinski definition) is 2. The maximum atomic E-state index is 9.44. The van der Waals surface area contributed by atoms with E-state index >= 15 is 0 Å². The molecule has 2 rings (SSSR count). The Morgan fingerprint density at radius 3 is 2.86 bits per heavy atom. The van der Waals surface area contributed by atoms with Gasteiger partial charge in [0, 0.05) is 0 Å². The molecule has 5 nitrogen and oxygen atoms in total. The van der Waals surface area contributed by atoms with Crippen LogP contribution in [0.4, 0.5) is 0 Å². The predicted molar refractivity (Wildman–Crippen MR) is 52.9 cm³/mol. The van der Waals surface area contributed by atoms with E-state index in [1.807, 2.05) is 6.92 Å². The Kier molecular flexibility index (Phi) is 2.30. The van der Waals surface area contributed by atoms with Crippen molar-refractivity contribution < 1.29 is 5.11 Å². The fraction of sp³-hybridized carbons (Fsp3) is 0.375.